The van der Waals surface area contributed by atoms with Crippen LogP contribution < -0.4 is 10.4 Å². The molecule has 0 aromatic heterocycles. The van der Waals surface area contributed by atoms with Gasteiger partial charge in [-0.05, 0) is 87.6 Å². The highest BCUT2D eigenvalue weighted by molar-refractivity contribution is 5.86. The Hall–Kier alpha value is -2.86. The topological polar surface area (TPSA) is 0 Å². The van der Waals surface area contributed by atoms with Gasteiger partial charge in [-0.15, -0.1) is 0 Å². The molecular weight excluding hydrogens is 324 g/mol. The Bertz CT molecular complexity index is 1120. The summed E-state index contributed by atoms with van der Waals surface area (Å²) in [5.74, 6) is 0. The van der Waals surface area contributed by atoms with E-state index in [4.69, 9.17) is 0 Å². The van der Waals surface area contributed by atoms with Crippen LogP contribution in [0.25, 0.3) is 29.4 Å². The fourth-order valence-electron chi connectivity index (χ4n) is 4.69. The van der Waals surface area contributed by atoms with E-state index in [1.165, 1.54) is 49.7 Å². The molecular formula is C27H26. The fraction of sp³-hybridized carbons (Fsp3) is 0.185. The number of benzene rings is 2. The van der Waals surface area contributed by atoms with Crippen molar-refractivity contribution in [3.8, 4) is 11.1 Å². The molecule has 0 heterocycles. The molecule has 2 aromatic rings. The summed E-state index contributed by atoms with van der Waals surface area (Å²) in [6.45, 7) is 14.3. The highest BCUT2D eigenvalue weighted by Crippen LogP contribution is 2.41. The van der Waals surface area contributed by atoms with Gasteiger partial charge in [0.05, 0.1) is 0 Å². The van der Waals surface area contributed by atoms with E-state index >= 15 is 0 Å². The van der Waals surface area contributed by atoms with Crippen molar-refractivity contribution in [1.29, 1.82) is 0 Å². The van der Waals surface area contributed by atoms with Gasteiger partial charge in [0, 0.05) is 0 Å². The van der Waals surface area contributed by atoms with Crippen molar-refractivity contribution in [2.75, 3.05) is 0 Å². The van der Waals surface area contributed by atoms with Crippen molar-refractivity contribution in [3.63, 3.8) is 0 Å². The average molecular weight is 351 g/mol. The van der Waals surface area contributed by atoms with Gasteiger partial charge in [0.15, 0.2) is 0 Å². The first-order valence-electron chi connectivity index (χ1n) is 9.77. The Balaban J connectivity index is 1.94. The summed E-state index contributed by atoms with van der Waals surface area (Å²) in [6.07, 6.45) is 14.6. The Morgan fingerprint density at radius 1 is 0.815 bits per heavy atom. The number of rotatable bonds is 3. The summed E-state index contributed by atoms with van der Waals surface area (Å²) in [4.78, 5) is 0. The maximum Gasteiger partial charge on any atom is -0.0143 e. The summed E-state index contributed by atoms with van der Waals surface area (Å²) in [5, 5.41) is 2.33. The molecule has 4 rings (SSSR count). The van der Waals surface area contributed by atoms with Gasteiger partial charge in [-0.2, -0.15) is 0 Å². The van der Waals surface area contributed by atoms with Crippen LogP contribution in [-0.4, -0.2) is 0 Å². The summed E-state index contributed by atoms with van der Waals surface area (Å²) < 4.78 is 0. The standard InChI is InChI=1S/C27H26/c1-5-8-20-11-13-23-21(18(20)4)14-15-27-25-12-10-19(7-3)22(9-6-2)24(25)16-17-26(23)27/h5-9,11,13,16-17H,1,3-4,10,12,14-15H2,2H3/b9-6-,20-8-. The third-order valence-corrected chi connectivity index (χ3v) is 5.97. The van der Waals surface area contributed by atoms with Gasteiger partial charge >= 0.3 is 0 Å². The maximum atomic E-state index is 4.36. The number of fused-ring (bicyclic) bond motifs is 5. The molecule has 0 N–H and O–H groups in total. The lowest BCUT2D eigenvalue weighted by atomic mass is 9.76. The summed E-state index contributed by atoms with van der Waals surface area (Å²) >= 11 is 0. The zero-order chi connectivity index (χ0) is 19.0. The Labute approximate surface area is 162 Å². The molecule has 0 spiro atoms. The normalized spacial score (nSPS) is 16.1. The summed E-state index contributed by atoms with van der Waals surface area (Å²) in [6, 6.07) is 9.08. The predicted octanol–water partition coefficient (Wildman–Crippen LogP) is 5.29. The highest BCUT2D eigenvalue weighted by atomic mass is 14.3. The first kappa shape index (κ1) is 17.5. The molecule has 0 saturated heterocycles. The molecule has 0 heteroatoms. The van der Waals surface area contributed by atoms with E-state index in [0.717, 1.165) is 30.9 Å². The van der Waals surface area contributed by atoms with Crippen molar-refractivity contribution >= 4 is 18.2 Å². The SMILES string of the molecule is C=C/C=c1/ccc2c(c1=C)CCc1c-2ccc2c1CCC(C=C)=C2/C=C\C. The lowest BCUT2D eigenvalue weighted by Crippen LogP contribution is -2.29. The van der Waals surface area contributed by atoms with Crippen LogP contribution in [0.3, 0.4) is 0 Å². The van der Waals surface area contributed by atoms with Crippen molar-refractivity contribution in [1.82, 2.24) is 0 Å². The van der Waals surface area contributed by atoms with Gasteiger partial charge in [0.25, 0.3) is 0 Å². The molecule has 134 valence electrons. The Morgan fingerprint density at radius 3 is 2.19 bits per heavy atom. The smallest absolute Gasteiger partial charge is 0.0143 e. The molecule has 0 saturated carbocycles. The lowest BCUT2D eigenvalue weighted by Gasteiger charge is -2.28. The summed E-state index contributed by atoms with van der Waals surface area (Å²) in [7, 11) is 0. The van der Waals surface area contributed by atoms with E-state index in [9.17, 15) is 0 Å². The number of allylic oxidation sites excluding steroid dienone is 6. The molecule has 2 aliphatic rings. The van der Waals surface area contributed by atoms with Crippen LogP contribution in [0.5, 0.6) is 0 Å². The van der Waals surface area contributed by atoms with Gasteiger partial charge in [-0.3, -0.25) is 0 Å². The highest BCUT2D eigenvalue weighted by Gasteiger charge is 2.24. The fourth-order valence-corrected chi connectivity index (χ4v) is 4.69. The van der Waals surface area contributed by atoms with Crippen LogP contribution in [0, 0.1) is 0 Å². The largest absolute Gasteiger partial charge is 0.0990 e. The molecule has 0 unspecified atom stereocenters. The first-order chi connectivity index (χ1) is 13.2. The van der Waals surface area contributed by atoms with E-state index in [-0.39, 0.29) is 0 Å². The van der Waals surface area contributed by atoms with Crippen LogP contribution in [0.15, 0.2) is 67.3 Å². The van der Waals surface area contributed by atoms with Crippen molar-refractivity contribution in [2.24, 2.45) is 0 Å². The van der Waals surface area contributed by atoms with Gasteiger partial charge in [0.1, 0.15) is 0 Å². The molecule has 0 aliphatic heterocycles. The van der Waals surface area contributed by atoms with Gasteiger partial charge in [0.2, 0.25) is 0 Å². The second-order valence-corrected chi connectivity index (χ2v) is 7.32. The molecule has 2 aliphatic carbocycles. The van der Waals surface area contributed by atoms with E-state index in [1.54, 1.807) is 0 Å². The van der Waals surface area contributed by atoms with E-state index in [0.29, 0.717) is 0 Å². The summed E-state index contributed by atoms with van der Waals surface area (Å²) in [5.41, 5.74) is 11.3. The maximum absolute atomic E-state index is 4.36. The van der Waals surface area contributed by atoms with Gasteiger partial charge in [-0.1, -0.05) is 74.4 Å². The van der Waals surface area contributed by atoms with Crippen LogP contribution in [-0.2, 0) is 19.3 Å². The van der Waals surface area contributed by atoms with E-state index < -0.39 is 0 Å². The minimum atomic E-state index is 1.06. The minimum Gasteiger partial charge on any atom is -0.0990 e. The first-order valence-corrected chi connectivity index (χ1v) is 9.77. The van der Waals surface area contributed by atoms with E-state index in [1.807, 2.05) is 12.2 Å². The molecule has 0 bridgehead atoms. The predicted molar refractivity (Wildman–Crippen MR) is 119 cm³/mol. The van der Waals surface area contributed by atoms with Gasteiger partial charge < -0.3 is 0 Å². The number of hydrogen-bond donors (Lipinski definition) is 0. The van der Waals surface area contributed by atoms with Crippen molar-refractivity contribution in [2.45, 2.75) is 32.6 Å². The van der Waals surface area contributed by atoms with Crippen molar-refractivity contribution in [3.05, 3.63) is 100.0 Å². The van der Waals surface area contributed by atoms with Crippen LogP contribution in [0.1, 0.15) is 35.6 Å². The zero-order valence-electron chi connectivity index (χ0n) is 16.1. The van der Waals surface area contributed by atoms with E-state index in [2.05, 4.69) is 69.2 Å². The lowest BCUT2D eigenvalue weighted by molar-refractivity contribution is 0.869. The molecule has 0 atom stereocenters. The Kier molecular flexibility index (Phi) is 4.58. The van der Waals surface area contributed by atoms with Crippen LogP contribution >= 0.6 is 0 Å². The third-order valence-electron chi connectivity index (χ3n) is 5.97. The monoisotopic (exact) mass is 350 g/mol. The molecule has 0 radical (unpaired) electrons. The molecule has 0 nitrogen and oxygen atoms in total. The minimum absolute atomic E-state index is 1.06. The molecule has 27 heavy (non-hydrogen) atoms. The van der Waals surface area contributed by atoms with Gasteiger partial charge in [-0.25, -0.2) is 0 Å². The zero-order valence-corrected chi connectivity index (χ0v) is 16.1. The second-order valence-electron chi connectivity index (χ2n) is 7.32. The Morgan fingerprint density at radius 2 is 1.44 bits per heavy atom. The average Bonchev–Trinajstić information content (AvgIpc) is 2.70. The number of hydrogen-bond acceptors (Lipinski definition) is 0. The van der Waals surface area contributed by atoms with Crippen LogP contribution in [0.4, 0.5) is 0 Å². The molecule has 0 amide bonds. The quantitative estimate of drug-likeness (QED) is 0.705. The van der Waals surface area contributed by atoms with Crippen molar-refractivity contribution < 1.29 is 0 Å². The second kappa shape index (κ2) is 7.04. The molecule has 0 fully saturated rings. The van der Waals surface area contributed by atoms with Crippen LogP contribution in [0.2, 0.25) is 0 Å². The molecule has 2 aromatic carbocycles. The third kappa shape index (κ3) is 2.77.